The topological polar surface area (TPSA) is 75.1 Å². The molecule has 5 nitrogen and oxygen atoms in total. The van der Waals surface area contributed by atoms with E-state index in [9.17, 15) is 9.90 Å². The predicted octanol–water partition coefficient (Wildman–Crippen LogP) is 3.75. The number of carbonyl (C=O) groups is 1. The van der Waals surface area contributed by atoms with Crippen molar-refractivity contribution < 1.29 is 9.90 Å². The van der Waals surface area contributed by atoms with Gasteiger partial charge in [-0.2, -0.15) is 0 Å². The number of aromatic nitrogens is 2. The zero-order chi connectivity index (χ0) is 15.2. The van der Waals surface area contributed by atoms with Gasteiger partial charge in [0.25, 0.3) is 0 Å². The molecule has 2 rings (SSSR count). The molecule has 0 amide bonds. The lowest BCUT2D eigenvalue weighted by Gasteiger charge is -2.16. The summed E-state index contributed by atoms with van der Waals surface area (Å²) in [5.74, 6) is -0.333. The van der Waals surface area contributed by atoms with Gasteiger partial charge in [-0.3, -0.25) is 0 Å². The Bertz CT molecular complexity index is 599. The molecule has 21 heavy (non-hydrogen) atoms. The summed E-state index contributed by atoms with van der Waals surface area (Å²) in [4.78, 5) is 20.0. The van der Waals surface area contributed by atoms with Gasteiger partial charge in [0.1, 0.15) is 10.8 Å². The van der Waals surface area contributed by atoms with Gasteiger partial charge in [-0.1, -0.05) is 20.3 Å². The lowest BCUT2D eigenvalue weighted by molar-refractivity contribution is 0.0696. The number of hydrogen-bond donors (Lipinski definition) is 2. The van der Waals surface area contributed by atoms with E-state index in [1.165, 1.54) is 0 Å². The highest BCUT2D eigenvalue weighted by atomic mass is 32.1. The van der Waals surface area contributed by atoms with Gasteiger partial charge in [-0.25, -0.2) is 14.8 Å². The van der Waals surface area contributed by atoms with E-state index in [1.54, 1.807) is 29.7 Å². The van der Waals surface area contributed by atoms with Crippen molar-refractivity contribution in [3.05, 3.63) is 40.0 Å². The molecule has 112 valence electrons. The van der Waals surface area contributed by atoms with Gasteiger partial charge >= 0.3 is 5.97 Å². The van der Waals surface area contributed by atoms with E-state index in [2.05, 4.69) is 22.2 Å². The van der Waals surface area contributed by atoms with Crippen LogP contribution in [0.2, 0.25) is 0 Å². The van der Waals surface area contributed by atoms with Crippen molar-refractivity contribution in [2.45, 2.75) is 39.2 Å². The van der Waals surface area contributed by atoms with Crippen LogP contribution in [0.15, 0.2) is 23.7 Å². The SMILES string of the molecule is CCCc1cc(C(=O)O)cc(NC(CC)c2nccs2)n1. The summed E-state index contributed by atoms with van der Waals surface area (Å²) < 4.78 is 0. The molecule has 0 aliphatic carbocycles. The van der Waals surface area contributed by atoms with E-state index in [0.29, 0.717) is 5.82 Å². The van der Waals surface area contributed by atoms with Crippen molar-refractivity contribution in [1.82, 2.24) is 9.97 Å². The smallest absolute Gasteiger partial charge is 0.335 e. The van der Waals surface area contributed by atoms with Crippen LogP contribution >= 0.6 is 11.3 Å². The van der Waals surface area contributed by atoms with Gasteiger partial charge in [-0.15, -0.1) is 11.3 Å². The van der Waals surface area contributed by atoms with E-state index in [1.807, 2.05) is 12.3 Å². The largest absolute Gasteiger partial charge is 0.478 e. The maximum Gasteiger partial charge on any atom is 0.335 e. The van der Waals surface area contributed by atoms with Gasteiger partial charge in [0.05, 0.1) is 11.6 Å². The maximum atomic E-state index is 11.2. The summed E-state index contributed by atoms with van der Waals surface area (Å²) >= 11 is 1.58. The summed E-state index contributed by atoms with van der Waals surface area (Å²) in [6.45, 7) is 4.11. The zero-order valence-corrected chi connectivity index (χ0v) is 13.0. The zero-order valence-electron chi connectivity index (χ0n) is 12.2. The molecular formula is C15H19N3O2S. The van der Waals surface area contributed by atoms with Crippen LogP contribution in [0.25, 0.3) is 0 Å². The molecule has 0 bridgehead atoms. The van der Waals surface area contributed by atoms with Gasteiger partial charge in [0.15, 0.2) is 0 Å². The third-order valence-electron chi connectivity index (χ3n) is 3.11. The van der Waals surface area contributed by atoms with Crippen molar-refractivity contribution in [3.8, 4) is 0 Å². The molecule has 2 heterocycles. The van der Waals surface area contributed by atoms with Gasteiger partial charge in [0, 0.05) is 17.3 Å². The molecule has 1 atom stereocenters. The Morgan fingerprint density at radius 3 is 2.81 bits per heavy atom. The number of thiazole rings is 1. The molecule has 0 radical (unpaired) electrons. The number of pyridine rings is 1. The average Bonchev–Trinajstić information content (AvgIpc) is 2.99. The van der Waals surface area contributed by atoms with Crippen molar-refractivity contribution >= 4 is 23.1 Å². The van der Waals surface area contributed by atoms with Crippen molar-refractivity contribution in [1.29, 1.82) is 0 Å². The normalized spacial score (nSPS) is 12.1. The van der Waals surface area contributed by atoms with Crippen LogP contribution in [0.1, 0.15) is 53.8 Å². The van der Waals surface area contributed by atoms with Crippen LogP contribution in [0.5, 0.6) is 0 Å². The van der Waals surface area contributed by atoms with E-state index in [4.69, 9.17) is 0 Å². The Morgan fingerprint density at radius 1 is 1.43 bits per heavy atom. The molecule has 0 saturated heterocycles. The van der Waals surface area contributed by atoms with E-state index in [0.717, 1.165) is 30.0 Å². The van der Waals surface area contributed by atoms with E-state index in [-0.39, 0.29) is 11.6 Å². The molecule has 0 aromatic carbocycles. The summed E-state index contributed by atoms with van der Waals surface area (Å²) in [6, 6.07) is 3.27. The van der Waals surface area contributed by atoms with Crippen LogP contribution < -0.4 is 5.32 Å². The van der Waals surface area contributed by atoms with Crippen molar-refractivity contribution in [2.24, 2.45) is 0 Å². The Balaban J connectivity index is 2.27. The average molecular weight is 305 g/mol. The molecule has 1 unspecified atom stereocenters. The first-order chi connectivity index (χ1) is 10.1. The highest BCUT2D eigenvalue weighted by Gasteiger charge is 2.14. The molecule has 2 aromatic rings. The lowest BCUT2D eigenvalue weighted by Crippen LogP contribution is -2.12. The first-order valence-electron chi connectivity index (χ1n) is 7.04. The molecule has 2 aromatic heterocycles. The molecular weight excluding hydrogens is 286 g/mol. The summed E-state index contributed by atoms with van der Waals surface area (Å²) in [5, 5.41) is 15.4. The number of aromatic carboxylic acids is 1. The van der Waals surface area contributed by atoms with Gasteiger partial charge < -0.3 is 10.4 Å². The first-order valence-corrected chi connectivity index (χ1v) is 7.92. The van der Waals surface area contributed by atoms with Crippen LogP contribution in [-0.2, 0) is 6.42 Å². The third-order valence-corrected chi connectivity index (χ3v) is 4.00. The highest BCUT2D eigenvalue weighted by molar-refractivity contribution is 7.09. The minimum Gasteiger partial charge on any atom is -0.478 e. The standard InChI is InChI=1S/C15H19N3O2S/c1-3-5-11-8-10(15(19)20)9-13(17-11)18-12(4-2)14-16-6-7-21-14/h6-9,12H,3-5H2,1-2H3,(H,17,18)(H,19,20). The number of carboxylic acids is 1. The number of anilines is 1. The molecule has 0 aliphatic rings. The molecule has 6 heteroatoms. The molecule has 0 fully saturated rings. The molecule has 2 N–H and O–H groups in total. The first kappa shape index (κ1) is 15.4. The fourth-order valence-corrected chi connectivity index (χ4v) is 2.87. The summed E-state index contributed by atoms with van der Waals surface area (Å²) in [5.41, 5.74) is 1.07. The highest BCUT2D eigenvalue weighted by Crippen LogP contribution is 2.24. The lowest BCUT2D eigenvalue weighted by atomic mass is 10.1. The number of nitrogens with zero attached hydrogens (tertiary/aromatic N) is 2. The Hall–Kier alpha value is -1.95. The second-order valence-corrected chi connectivity index (χ2v) is 5.69. The number of aryl methyl sites for hydroxylation is 1. The summed E-state index contributed by atoms with van der Waals surface area (Å²) in [6.07, 6.45) is 4.33. The Labute approximate surface area is 128 Å². The maximum absolute atomic E-state index is 11.2. The van der Waals surface area contributed by atoms with Crippen LogP contribution in [0, 0.1) is 0 Å². The molecule has 0 saturated carbocycles. The van der Waals surface area contributed by atoms with E-state index >= 15 is 0 Å². The molecule has 0 spiro atoms. The number of hydrogen-bond acceptors (Lipinski definition) is 5. The molecule has 0 aliphatic heterocycles. The second-order valence-electron chi connectivity index (χ2n) is 4.76. The van der Waals surface area contributed by atoms with Crippen molar-refractivity contribution in [3.63, 3.8) is 0 Å². The fraction of sp³-hybridized carbons (Fsp3) is 0.400. The van der Waals surface area contributed by atoms with Crippen LogP contribution in [0.3, 0.4) is 0 Å². The van der Waals surface area contributed by atoms with Gasteiger partial charge in [-0.05, 0) is 25.0 Å². The van der Waals surface area contributed by atoms with Gasteiger partial charge in [0.2, 0.25) is 0 Å². The Kier molecular flexibility index (Phi) is 5.27. The predicted molar refractivity (Wildman–Crippen MR) is 84.0 cm³/mol. The minimum atomic E-state index is -0.930. The minimum absolute atomic E-state index is 0.0519. The number of rotatable bonds is 7. The van der Waals surface area contributed by atoms with Crippen molar-refractivity contribution in [2.75, 3.05) is 5.32 Å². The summed E-state index contributed by atoms with van der Waals surface area (Å²) in [7, 11) is 0. The third kappa shape index (κ3) is 4.01. The number of carboxylic acid groups (broad SMARTS) is 1. The van der Waals surface area contributed by atoms with Crippen LogP contribution in [-0.4, -0.2) is 21.0 Å². The van der Waals surface area contributed by atoms with Crippen LogP contribution in [0.4, 0.5) is 5.82 Å². The van der Waals surface area contributed by atoms with E-state index < -0.39 is 5.97 Å². The Morgan fingerprint density at radius 2 is 2.24 bits per heavy atom. The quantitative estimate of drug-likeness (QED) is 0.814. The second kappa shape index (κ2) is 7.17. The monoisotopic (exact) mass is 305 g/mol. The fourth-order valence-electron chi connectivity index (χ4n) is 2.09. The number of nitrogens with one attached hydrogen (secondary N) is 1.